The second kappa shape index (κ2) is 6.58. The normalized spacial score (nSPS) is 10.2. The van der Waals surface area contributed by atoms with Gasteiger partial charge in [-0.25, -0.2) is 4.79 Å². The Balaban J connectivity index is 1.82. The molecule has 0 radical (unpaired) electrons. The van der Waals surface area contributed by atoms with Crippen LogP contribution in [0.5, 0.6) is 5.75 Å². The maximum absolute atomic E-state index is 11.4. The van der Waals surface area contributed by atoms with Crippen LogP contribution in [0.2, 0.25) is 0 Å². The van der Waals surface area contributed by atoms with Crippen LogP contribution in [0.3, 0.4) is 0 Å². The van der Waals surface area contributed by atoms with E-state index >= 15 is 0 Å². The third-order valence-electron chi connectivity index (χ3n) is 2.50. The second-order valence-corrected chi connectivity index (χ2v) is 3.91. The zero-order valence-corrected chi connectivity index (χ0v) is 10.8. The molecule has 1 N–H and O–H groups in total. The molecule has 0 spiro atoms. The molecule has 5 nitrogen and oxygen atoms in total. The molecule has 0 fully saturated rings. The van der Waals surface area contributed by atoms with Crippen molar-refractivity contribution in [3.05, 3.63) is 47.8 Å². The van der Waals surface area contributed by atoms with Crippen LogP contribution in [-0.4, -0.2) is 29.4 Å². The van der Waals surface area contributed by atoms with E-state index in [-0.39, 0.29) is 0 Å². The van der Waals surface area contributed by atoms with Crippen molar-refractivity contribution in [1.82, 2.24) is 10.2 Å². The lowest BCUT2D eigenvalue weighted by atomic mass is 10.3. The van der Waals surface area contributed by atoms with Crippen LogP contribution in [0.25, 0.3) is 0 Å². The number of hydrogen-bond donors (Lipinski definition) is 1. The average molecular weight is 260 g/mol. The fourth-order valence-corrected chi connectivity index (χ4v) is 1.59. The zero-order chi connectivity index (χ0) is 13.5. The van der Waals surface area contributed by atoms with Gasteiger partial charge in [-0.1, -0.05) is 18.2 Å². The number of carbonyl (C=O) groups is 1. The van der Waals surface area contributed by atoms with Gasteiger partial charge in [0.05, 0.1) is 13.2 Å². The Morgan fingerprint density at radius 3 is 2.84 bits per heavy atom. The van der Waals surface area contributed by atoms with Crippen molar-refractivity contribution >= 4 is 5.97 Å². The number of nitrogens with zero attached hydrogens (tertiary/aromatic N) is 1. The lowest BCUT2D eigenvalue weighted by Gasteiger charge is -2.03. The first-order valence-electron chi connectivity index (χ1n) is 6.19. The standard InChI is InChI=1S/C14H16N2O3/c1-2-18-14(17)13-10-11(15-16-13)8-9-19-12-6-4-3-5-7-12/h3-7,10H,2,8-9H2,1H3,(H,15,16). The highest BCUT2D eigenvalue weighted by Crippen LogP contribution is 2.09. The van der Waals surface area contributed by atoms with Crippen molar-refractivity contribution in [2.24, 2.45) is 0 Å². The van der Waals surface area contributed by atoms with Crippen LogP contribution in [0, 0.1) is 0 Å². The number of ether oxygens (including phenoxy) is 2. The molecular formula is C14H16N2O3. The fourth-order valence-electron chi connectivity index (χ4n) is 1.59. The molecule has 0 bridgehead atoms. The van der Waals surface area contributed by atoms with Gasteiger partial charge in [-0.05, 0) is 25.1 Å². The minimum Gasteiger partial charge on any atom is -0.493 e. The molecule has 0 aliphatic heterocycles. The molecule has 1 heterocycles. The number of H-pyrrole nitrogens is 1. The van der Waals surface area contributed by atoms with Gasteiger partial charge in [0, 0.05) is 12.1 Å². The number of hydrogen-bond acceptors (Lipinski definition) is 4. The Hall–Kier alpha value is -2.30. The average Bonchev–Trinajstić information content (AvgIpc) is 2.89. The number of esters is 1. The summed E-state index contributed by atoms with van der Waals surface area (Å²) in [5.41, 5.74) is 1.15. The quantitative estimate of drug-likeness (QED) is 0.809. The van der Waals surface area contributed by atoms with Crippen LogP contribution in [0.15, 0.2) is 36.4 Å². The summed E-state index contributed by atoms with van der Waals surface area (Å²) in [6.07, 6.45) is 0.654. The van der Waals surface area contributed by atoms with Gasteiger partial charge in [0.1, 0.15) is 5.75 Å². The van der Waals surface area contributed by atoms with Gasteiger partial charge in [0.2, 0.25) is 0 Å². The van der Waals surface area contributed by atoms with Crippen LogP contribution in [0.1, 0.15) is 23.1 Å². The third-order valence-corrected chi connectivity index (χ3v) is 2.50. The Bertz CT molecular complexity index is 522. The predicted octanol–water partition coefficient (Wildman–Crippen LogP) is 2.21. The van der Waals surface area contributed by atoms with Crippen molar-refractivity contribution < 1.29 is 14.3 Å². The number of para-hydroxylation sites is 1. The van der Waals surface area contributed by atoms with Gasteiger partial charge in [-0.2, -0.15) is 5.10 Å². The van der Waals surface area contributed by atoms with E-state index in [9.17, 15) is 4.79 Å². The Labute approximate surface area is 111 Å². The van der Waals surface area contributed by atoms with Gasteiger partial charge in [-0.3, -0.25) is 5.10 Å². The third kappa shape index (κ3) is 3.84. The Morgan fingerprint density at radius 2 is 2.11 bits per heavy atom. The van der Waals surface area contributed by atoms with Gasteiger partial charge >= 0.3 is 5.97 Å². The van der Waals surface area contributed by atoms with E-state index in [2.05, 4.69) is 10.2 Å². The monoisotopic (exact) mass is 260 g/mol. The molecule has 0 saturated heterocycles. The minimum absolute atomic E-state index is 0.302. The van der Waals surface area contributed by atoms with Crippen molar-refractivity contribution in [2.45, 2.75) is 13.3 Å². The first-order valence-corrected chi connectivity index (χ1v) is 6.19. The van der Waals surface area contributed by atoms with E-state index in [1.807, 2.05) is 30.3 Å². The van der Waals surface area contributed by atoms with Crippen molar-refractivity contribution in [1.29, 1.82) is 0 Å². The molecule has 0 saturated carbocycles. The van der Waals surface area contributed by atoms with Gasteiger partial charge in [0.15, 0.2) is 5.69 Å². The largest absolute Gasteiger partial charge is 0.493 e. The number of benzene rings is 1. The maximum atomic E-state index is 11.4. The SMILES string of the molecule is CCOC(=O)c1cc(CCOc2ccccc2)[nH]n1. The summed E-state index contributed by atoms with van der Waals surface area (Å²) < 4.78 is 10.4. The van der Waals surface area contributed by atoms with Crippen molar-refractivity contribution in [2.75, 3.05) is 13.2 Å². The summed E-state index contributed by atoms with van der Waals surface area (Å²) in [6.45, 7) is 2.63. The van der Waals surface area contributed by atoms with Crippen LogP contribution < -0.4 is 4.74 Å². The summed E-state index contributed by atoms with van der Waals surface area (Å²) in [4.78, 5) is 11.4. The number of aromatic amines is 1. The molecule has 100 valence electrons. The molecular weight excluding hydrogens is 244 g/mol. The molecule has 0 aliphatic carbocycles. The van der Waals surface area contributed by atoms with Crippen LogP contribution in [0.4, 0.5) is 0 Å². The predicted molar refractivity (Wildman–Crippen MR) is 70.2 cm³/mol. The number of rotatable bonds is 6. The summed E-state index contributed by atoms with van der Waals surface area (Å²) in [6, 6.07) is 11.3. The smallest absolute Gasteiger partial charge is 0.358 e. The van der Waals surface area contributed by atoms with E-state index in [0.29, 0.717) is 25.3 Å². The molecule has 2 aromatic rings. The van der Waals surface area contributed by atoms with Crippen LogP contribution >= 0.6 is 0 Å². The first kappa shape index (κ1) is 13.1. The maximum Gasteiger partial charge on any atom is 0.358 e. The van der Waals surface area contributed by atoms with Crippen molar-refractivity contribution in [3.8, 4) is 5.75 Å². The molecule has 2 rings (SSSR count). The van der Waals surface area contributed by atoms with E-state index in [1.54, 1.807) is 13.0 Å². The van der Waals surface area contributed by atoms with E-state index in [0.717, 1.165) is 11.4 Å². The number of carbonyl (C=O) groups excluding carboxylic acids is 1. The molecule has 0 atom stereocenters. The topological polar surface area (TPSA) is 64.2 Å². The second-order valence-electron chi connectivity index (χ2n) is 3.91. The van der Waals surface area contributed by atoms with Crippen molar-refractivity contribution in [3.63, 3.8) is 0 Å². The zero-order valence-electron chi connectivity index (χ0n) is 10.8. The Kier molecular flexibility index (Phi) is 4.55. The highest BCUT2D eigenvalue weighted by atomic mass is 16.5. The molecule has 1 aromatic carbocycles. The molecule has 0 unspecified atom stereocenters. The lowest BCUT2D eigenvalue weighted by Crippen LogP contribution is -2.04. The molecule has 0 amide bonds. The van der Waals surface area contributed by atoms with Crippen LogP contribution in [-0.2, 0) is 11.2 Å². The van der Waals surface area contributed by atoms with E-state index < -0.39 is 5.97 Å². The van der Waals surface area contributed by atoms with Gasteiger partial charge < -0.3 is 9.47 Å². The first-order chi connectivity index (χ1) is 9.29. The number of aromatic nitrogens is 2. The molecule has 0 aliphatic rings. The van der Waals surface area contributed by atoms with E-state index in [4.69, 9.17) is 9.47 Å². The molecule has 1 aromatic heterocycles. The summed E-state index contributed by atoms with van der Waals surface area (Å²) in [5, 5.41) is 6.71. The summed E-state index contributed by atoms with van der Waals surface area (Å²) >= 11 is 0. The lowest BCUT2D eigenvalue weighted by molar-refractivity contribution is 0.0519. The van der Waals surface area contributed by atoms with Gasteiger partial charge in [0.25, 0.3) is 0 Å². The van der Waals surface area contributed by atoms with E-state index in [1.165, 1.54) is 0 Å². The highest BCUT2D eigenvalue weighted by molar-refractivity contribution is 5.87. The minimum atomic E-state index is -0.408. The number of nitrogens with one attached hydrogen (secondary N) is 1. The molecule has 5 heteroatoms. The fraction of sp³-hybridized carbons (Fsp3) is 0.286. The molecule has 19 heavy (non-hydrogen) atoms. The highest BCUT2D eigenvalue weighted by Gasteiger charge is 2.10. The Morgan fingerprint density at radius 1 is 1.32 bits per heavy atom. The summed E-state index contributed by atoms with van der Waals surface area (Å²) in [7, 11) is 0. The summed E-state index contributed by atoms with van der Waals surface area (Å²) in [5.74, 6) is 0.418. The van der Waals surface area contributed by atoms with Gasteiger partial charge in [-0.15, -0.1) is 0 Å².